The Morgan fingerprint density at radius 1 is 1.45 bits per heavy atom. The summed E-state index contributed by atoms with van der Waals surface area (Å²) in [5.41, 5.74) is 0.776. The molecule has 0 aliphatic carbocycles. The second-order valence-electron chi connectivity index (χ2n) is 5.36. The third-order valence-electron chi connectivity index (χ3n) is 2.99. The van der Waals surface area contributed by atoms with Crippen molar-refractivity contribution >= 4 is 17.7 Å². The minimum Gasteiger partial charge on any atom is -0.390 e. The fourth-order valence-electron chi connectivity index (χ4n) is 2.00. The van der Waals surface area contributed by atoms with Gasteiger partial charge >= 0.3 is 0 Å². The van der Waals surface area contributed by atoms with Crippen LogP contribution in [0.25, 0.3) is 0 Å². The van der Waals surface area contributed by atoms with Crippen LogP contribution < -0.4 is 0 Å². The molecule has 0 spiro atoms. The van der Waals surface area contributed by atoms with E-state index in [-0.39, 0.29) is 12.5 Å². The summed E-state index contributed by atoms with van der Waals surface area (Å²) in [5.74, 6) is 0.767. The molecule has 1 aromatic heterocycles. The highest BCUT2D eigenvalue weighted by Crippen LogP contribution is 2.20. The number of aliphatic hydroxyl groups excluding tert-OH is 1. The third-order valence-corrected chi connectivity index (χ3v) is 3.96. The van der Waals surface area contributed by atoms with Gasteiger partial charge in [-0.1, -0.05) is 37.8 Å². The van der Waals surface area contributed by atoms with Gasteiger partial charge in [0.25, 0.3) is 0 Å². The van der Waals surface area contributed by atoms with Crippen LogP contribution in [-0.2, 0) is 17.9 Å². The van der Waals surface area contributed by atoms with Gasteiger partial charge in [0.05, 0.1) is 24.3 Å². The van der Waals surface area contributed by atoms with Crippen molar-refractivity contribution < 1.29 is 9.90 Å². The number of hydrogen-bond acceptors (Lipinski definition) is 4. The lowest BCUT2D eigenvalue weighted by molar-refractivity contribution is -0.127. The molecular weight excluding hydrogens is 298 g/mol. The number of nitrogens with zero attached hydrogens (tertiary/aromatic N) is 3. The predicted octanol–water partition coefficient (Wildman–Crippen LogP) is 2.32. The maximum atomic E-state index is 12.2. The molecule has 0 saturated carbocycles. The van der Waals surface area contributed by atoms with Crippen LogP contribution in [-0.4, -0.2) is 44.3 Å². The average Bonchev–Trinajstić information content (AvgIpc) is 2.85. The minimum atomic E-state index is -0.0483. The van der Waals surface area contributed by atoms with Gasteiger partial charge in [-0.15, -0.1) is 13.2 Å². The summed E-state index contributed by atoms with van der Waals surface area (Å²) < 4.78 is 1.98. The predicted molar refractivity (Wildman–Crippen MR) is 90.7 cm³/mol. The number of imidazole rings is 1. The molecule has 1 rings (SSSR count). The molecule has 0 bridgehead atoms. The van der Waals surface area contributed by atoms with E-state index in [2.05, 4.69) is 32.0 Å². The van der Waals surface area contributed by atoms with Crippen LogP contribution in [0.4, 0.5) is 0 Å². The average molecular weight is 323 g/mol. The molecule has 22 heavy (non-hydrogen) atoms. The van der Waals surface area contributed by atoms with Crippen molar-refractivity contribution in [1.29, 1.82) is 0 Å². The Labute approximate surface area is 136 Å². The Balaban J connectivity index is 2.74. The van der Waals surface area contributed by atoms with Crippen LogP contribution >= 0.6 is 11.8 Å². The highest BCUT2D eigenvalue weighted by molar-refractivity contribution is 7.99. The number of aliphatic hydroxyl groups is 1. The second-order valence-corrected chi connectivity index (χ2v) is 6.30. The molecule has 122 valence electrons. The lowest BCUT2D eigenvalue weighted by Gasteiger charge is -2.19. The first kappa shape index (κ1) is 18.5. The molecule has 0 aromatic carbocycles. The van der Waals surface area contributed by atoms with Crippen molar-refractivity contribution in [1.82, 2.24) is 14.5 Å². The smallest absolute Gasteiger partial charge is 0.233 e. The molecule has 6 heteroatoms. The number of rotatable bonds is 10. The van der Waals surface area contributed by atoms with Crippen LogP contribution in [0.1, 0.15) is 19.5 Å². The normalized spacial score (nSPS) is 10.7. The van der Waals surface area contributed by atoms with E-state index in [0.717, 1.165) is 17.4 Å². The zero-order valence-electron chi connectivity index (χ0n) is 13.4. The SMILES string of the molecule is C=CCN(CC=C)C(=O)CSc1ncc(CO)n1CC(C)C. The largest absolute Gasteiger partial charge is 0.390 e. The van der Waals surface area contributed by atoms with Gasteiger partial charge in [-0.2, -0.15) is 0 Å². The topological polar surface area (TPSA) is 58.4 Å². The number of hydrogen-bond donors (Lipinski definition) is 1. The van der Waals surface area contributed by atoms with Gasteiger partial charge < -0.3 is 14.6 Å². The summed E-state index contributed by atoms with van der Waals surface area (Å²) in [6, 6.07) is 0. The van der Waals surface area contributed by atoms with Gasteiger partial charge in [-0.25, -0.2) is 4.98 Å². The molecule has 0 radical (unpaired) electrons. The molecule has 0 atom stereocenters. The second kappa shape index (κ2) is 9.48. The van der Waals surface area contributed by atoms with Crippen molar-refractivity contribution in [2.45, 2.75) is 32.2 Å². The van der Waals surface area contributed by atoms with Gasteiger partial charge in [0.1, 0.15) is 0 Å². The molecule has 0 aliphatic heterocycles. The summed E-state index contributed by atoms with van der Waals surface area (Å²) >= 11 is 1.39. The molecule has 1 N–H and O–H groups in total. The van der Waals surface area contributed by atoms with E-state index in [9.17, 15) is 9.90 Å². The summed E-state index contributed by atoms with van der Waals surface area (Å²) in [4.78, 5) is 18.2. The highest BCUT2D eigenvalue weighted by Gasteiger charge is 2.15. The Hall–Kier alpha value is -1.53. The highest BCUT2D eigenvalue weighted by atomic mass is 32.2. The van der Waals surface area contributed by atoms with Crippen LogP contribution in [0.15, 0.2) is 36.7 Å². The van der Waals surface area contributed by atoms with E-state index in [1.54, 1.807) is 23.2 Å². The molecule has 1 heterocycles. The van der Waals surface area contributed by atoms with Crippen LogP contribution in [0.2, 0.25) is 0 Å². The Kier molecular flexibility index (Phi) is 7.98. The molecule has 0 fully saturated rings. The molecule has 0 saturated heterocycles. The van der Waals surface area contributed by atoms with Crippen molar-refractivity contribution in [3.63, 3.8) is 0 Å². The molecular formula is C16H25N3O2S. The van der Waals surface area contributed by atoms with Gasteiger partial charge in [0.15, 0.2) is 5.16 Å². The monoisotopic (exact) mass is 323 g/mol. The number of thioether (sulfide) groups is 1. The molecule has 0 unspecified atom stereocenters. The van der Waals surface area contributed by atoms with E-state index in [4.69, 9.17) is 0 Å². The molecule has 1 aromatic rings. The van der Waals surface area contributed by atoms with Gasteiger partial charge in [0, 0.05) is 19.6 Å². The fraction of sp³-hybridized carbons (Fsp3) is 0.500. The maximum absolute atomic E-state index is 12.2. The molecule has 5 nitrogen and oxygen atoms in total. The summed E-state index contributed by atoms with van der Waals surface area (Å²) in [5, 5.41) is 10.1. The first-order valence-electron chi connectivity index (χ1n) is 7.31. The Bertz CT molecular complexity index is 501. The van der Waals surface area contributed by atoms with Crippen molar-refractivity contribution in [2.24, 2.45) is 5.92 Å². The van der Waals surface area contributed by atoms with Crippen molar-refractivity contribution in [2.75, 3.05) is 18.8 Å². The summed E-state index contributed by atoms with van der Waals surface area (Å²) in [7, 11) is 0. The van der Waals surface area contributed by atoms with E-state index in [1.165, 1.54) is 11.8 Å². The van der Waals surface area contributed by atoms with Gasteiger partial charge in [-0.3, -0.25) is 4.79 Å². The van der Waals surface area contributed by atoms with E-state index < -0.39 is 0 Å². The first-order chi connectivity index (χ1) is 10.5. The van der Waals surface area contributed by atoms with Crippen molar-refractivity contribution in [3.8, 4) is 0 Å². The molecule has 0 aliphatic rings. The van der Waals surface area contributed by atoms with Crippen LogP contribution in [0, 0.1) is 5.92 Å². The lowest BCUT2D eigenvalue weighted by atomic mass is 10.2. The van der Waals surface area contributed by atoms with Crippen LogP contribution in [0.5, 0.6) is 0 Å². The molecule has 1 amide bonds. The maximum Gasteiger partial charge on any atom is 0.233 e. The first-order valence-corrected chi connectivity index (χ1v) is 8.29. The van der Waals surface area contributed by atoms with Gasteiger partial charge in [0.2, 0.25) is 5.91 Å². The zero-order valence-corrected chi connectivity index (χ0v) is 14.2. The fourth-order valence-corrected chi connectivity index (χ4v) is 2.91. The minimum absolute atomic E-state index is 0.0226. The van der Waals surface area contributed by atoms with E-state index in [1.807, 2.05) is 4.57 Å². The summed E-state index contributed by atoms with van der Waals surface area (Å²) in [6.45, 7) is 13.3. The van der Waals surface area contributed by atoms with E-state index >= 15 is 0 Å². The Morgan fingerprint density at radius 3 is 2.59 bits per heavy atom. The summed E-state index contributed by atoms with van der Waals surface area (Å²) in [6.07, 6.45) is 5.08. The lowest BCUT2D eigenvalue weighted by Crippen LogP contribution is -2.32. The number of carbonyl (C=O) groups excluding carboxylic acids is 1. The number of aromatic nitrogens is 2. The zero-order chi connectivity index (χ0) is 16.5. The standard InChI is InChI=1S/C16H25N3O2S/c1-5-7-18(8-6-2)15(21)12-22-16-17-9-14(11-20)19(16)10-13(3)4/h5-6,9,13,20H,1-2,7-8,10-12H2,3-4H3. The Morgan fingerprint density at radius 2 is 2.09 bits per heavy atom. The quantitative estimate of drug-likeness (QED) is 0.530. The van der Waals surface area contributed by atoms with Gasteiger partial charge in [-0.05, 0) is 5.92 Å². The van der Waals surface area contributed by atoms with E-state index in [0.29, 0.717) is 24.8 Å². The number of carbonyl (C=O) groups is 1. The number of amides is 1. The third kappa shape index (κ3) is 5.35. The van der Waals surface area contributed by atoms with Crippen LogP contribution in [0.3, 0.4) is 0 Å². The van der Waals surface area contributed by atoms with Crippen molar-refractivity contribution in [3.05, 3.63) is 37.2 Å².